The van der Waals surface area contributed by atoms with E-state index in [-0.39, 0.29) is 6.61 Å². The van der Waals surface area contributed by atoms with E-state index in [2.05, 4.69) is 11.8 Å². The Kier molecular flexibility index (Phi) is 4.35. The Morgan fingerprint density at radius 1 is 1.28 bits per heavy atom. The van der Waals surface area contributed by atoms with Crippen LogP contribution < -0.4 is 0 Å². The van der Waals surface area contributed by atoms with Gasteiger partial charge in [-0.2, -0.15) is 0 Å². The Morgan fingerprint density at radius 2 is 2.06 bits per heavy atom. The van der Waals surface area contributed by atoms with Crippen molar-refractivity contribution >= 4 is 11.1 Å². The average Bonchev–Trinajstić information content (AvgIpc) is 2.88. The summed E-state index contributed by atoms with van der Waals surface area (Å²) in [5.74, 6) is 6.07. The molecule has 2 aromatic rings. The number of benzene rings is 1. The molecule has 3 nitrogen and oxygen atoms in total. The van der Waals surface area contributed by atoms with Crippen LogP contribution in [0.3, 0.4) is 0 Å². The summed E-state index contributed by atoms with van der Waals surface area (Å²) < 4.78 is 21.9. The van der Waals surface area contributed by atoms with Gasteiger partial charge < -0.3 is 4.42 Å². The normalized spacial score (nSPS) is 11.6. The van der Waals surface area contributed by atoms with Crippen LogP contribution in [0, 0.1) is 18.8 Å². The molecule has 1 heterocycles. The number of rotatable bonds is 3. The number of aryl methyl sites for hydroxylation is 1. The second kappa shape index (κ2) is 6.20. The minimum atomic E-state index is -1.47. The molecule has 0 bridgehead atoms. The van der Waals surface area contributed by atoms with Crippen molar-refractivity contribution in [1.82, 2.24) is 0 Å². The lowest BCUT2D eigenvalue weighted by molar-refractivity contribution is 0.402. The van der Waals surface area contributed by atoms with E-state index in [1.807, 2.05) is 19.1 Å². The van der Waals surface area contributed by atoms with Gasteiger partial charge in [0, 0.05) is 0 Å². The summed E-state index contributed by atoms with van der Waals surface area (Å²) in [5.41, 5.74) is 1.12. The number of hydrogen-bond donors (Lipinski definition) is 0. The fraction of sp³-hybridized carbons (Fsp3) is 0.143. The van der Waals surface area contributed by atoms with E-state index >= 15 is 0 Å². The molecule has 1 aromatic carbocycles. The summed E-state index contributed by atoms with van der Waals surface area (Å²) in [4.78, 5) is 0.639. The molecule has 0 aliphatic rings. The monoisotopic (exact) mass is 260 g/mol. The van der Waals surface area contributed by atoms with E-state index in [1.54, 1.807) is 30.5 Å². The summed E-state index contributed by atoms with van der Waals surface area (Å²) in [6.45, 7) is 2.07. The van der Waals surface area contributed by atoms with E-state index < -0.39 is 11.1 Å². The van der Waals surface area contributed by atoms with Crippen molar-refractivity contribution in [2.24, 2.45) is 0 Å². The van der Waals surface area contributed by atoms with Crippen molar-refractivity contribution in [2.75, 3.05) is 6.61 Å². The Labute approximate surface area is 108 Å². The van der Waals surface area contributed by atoms with Gasteiger partial charge in [-0.25, -0.2) is 4.21 Å². The van der Waals surface area contributed by atoms with Gasteiger partial charge in [0.25, 0.3) is 0 Å². The van der Waals surface area contributed by atoms with Gasteiger partial charge in [0.2, 0.25) is 0 Å². The van der Waals surface area contributed by atoms with Crippen LogP contribution in [0.5, 0.6) is 0 Å². The van der Waals surface area contributed by atoms with Gasteiger partial charge >= 0.3 is 0 Å². The highest BCUT2D eigenvalue weighted by atomic mass is 32.2. The van der Waals surface area contributed by atoms with Crippen molar-refractivity contribution < 1.29 is 12.8 Å². The zero-order valence-electron chi connectivity index (χ0n) is 9.88. The van der Waals surface area contributed by atoms with Crippen LogP contribution in [0.25, 0.3) is 0 Å². The summed E-state index contributed by atoms with van der Waals surface area (Å²) in [7, 11) is 0. The molecule has 18 heavy (non-hydrogen) atoms. The standard InChI is InChI=1S/C14H12O3S/c1-12-6-8-14(9-7-12)18(15)17-11-3-5-13-4-2-10-16-13/h2,4,6-10H,11H2,1H3/t18-/m0/s1. The zero-order valence-corrected chi connectivity index (χ0v) is 10.7. The molecule has 0 aliphatic heterocycles. The highest BCUT2D eigenvalue weighted by Gasteiger charge is 2.02. The lowest BCUT2D eigenvalue weighted by Gasteiger charge is -2.00. The van der Waals surface area contributed by atoms with Gasteiger partial charge in [-0.3, -0.25) is 4.18 Å². The van der Waals surface area contributed by atoms with Crippen molar-refractivity contribution in [3.8, 4) is 11.8 Å². The van der Waals surface area contributed by atoms with Crippen LogP contribution in [-0.4, -0.2) is 10.8 Å². The lowest BCUT2D eigenvalue weighted by Crippen LogP contribution is -1.98. The first-order valence-electron chi connectivity index (χ1n) is 5.40. The maximum Gasteiger partial charge on any atom is 0.190 e. The molecule has 1 atom stereocenters. The molecule has 2 rings (SSSR count). The zero-order chi connectivity index (χ0) is 12.8. The summed E-state index contributed by atoms with van der Waals surface area (Å²) in [6.07, 6.45) is 1.55. The molecule has 0 spiro atoms. The third-order valence-electron chi connectivity index (χ3n) is 2.18. The molecule has 0 fully saturated rings. The van der Waals surface area contributed by atoms with Gasteiger partial charge in [-0.15, -0.1) is 0 Å². The quantitative estimate of drug-likeness (QED) is 0.796. The Hall–Kier alpha value is -1.83. The van der Waals surface area contributed by atoms with Crippen LogP contribution in [0.4, 0.5) is 0 Å². The van der Waals surface area contributed by atoms with Crippen molar-refractivity contribution in [1.29, 1.82) is 0 Å². The van der Waals surface area contributed by atoms with Gasteiger partial charge in [0.1, 0.15) is 6.61 Å². The number of hydrogen-bond acceptors (Lipinski definition) is 3. The largest absolute Gasteiger partial charge is 0.456 e. The minimum Gasteiger partial charge on any atom is -0.456 e. The second-order valence-electron chi connectivity index (χ2n) is 3.59. The van der Waals surface area contributed by atoms with Crippen molar-refractivity contribution in [3.63, 3.8) is 0 Å². The molecule has 0 saturated heterocycles. The summed E-state index contributed by atoms with van der Waals surface area (Å²) in [5, 5.41) is 0. The molecule has 0 amide bonds. The molecule has 0 aliphatic carbocycles. The van der Waals surface area contributed by atoms with Gasteiger partial charge in [-0.05, 0) is 37.1 Å². The van der Waals surface area contributed by atoms with Crippen LogP contribution in [0.15, 0.2) is 52.0 Å². The molecule has 0 N–H and O–H groups in total. The van der Waals surface area contributed by atoms with Crippen molar-refractivity contribution in [3.05, 3.63) is 54.0 Å². The molecule has 0 saturated carbocycles. The van der Waals surface area contributed by atoms with Gasteiger partial charge in [0.15, 0.2) is 16.8 Å². The van der Waals surface area contributed by atoms with Crippen LogP contribution in [0.1, 0.15) is 11.3 Å². The van der Waals surface area contributed by atoms with Gasteiger partial charge in [-0.1, -0.05) is 23.6 Å². The van der Waals surface area contributed by atoms with Crippen LogP contribution >= 0.6 is 0 Å². The third-order valence-corrected chi connectivity index (χ3v) is 3.17. The fourth-order valence-corrected chi connectivity index (χ4v) is 1.93. The van der Waals surface area contributed by atoms with Crippen molar-refractivity contribution in [2.45, 2.75) is 11.8 Å². The first-order valence-corrected chi connectivity index (χ1v) is 6.47. The predicted molar refractivity (Wildman–Crippen MR) is 69.1 cm³/mol. The Balaban J connectivity index is 1.87. The average molecular weight is 260 g/mol. The first kappa shape index (κ1) is 12.6. The third kappa shape index (κ3) is 3.59. The summed E-state index contributed by atoms with van der Waals surface area (Å²) >= 11 is -1.47. The highest BCUT2D eigenvalue weighted by molar-refractivity contribution is 7.80. The SMILES string of the molecule is Cc1ccc([S@@](=O)OCC#Cc2ccco2)cc1. The van der Waals surface area contributed by atoms with E-state index in [4.69, 9.17) is 8.60 Å². The molecule has 0 radical (unpaired) electrons. The molecule has 0 unspecified atom stereocenters. The molecular weight excluding hydrogens is 248 g/mol. The molecule has 92 valence electrons. The summed E-state index contributed by atoms with van der Waals surface area (Å²) in [6, 6.07) is 10.9. The first-order chi connectivity index (χ1) is 8.75. The maximum atomic E-state index is 11.7. The van der Waals surface area contributed by atoms with Crippen LogP contribution in [-0.2, 0) is 15.3 Å². The van der Waals surface area contributed by atoms with E-state index in [9.17, 15) is 4.21 Å². The smallest absolute Gasteiger partial charge is 0.190 e. The fourth-order valence-electron chi connectivity index (χ4n) is 1.27. The lowest BCUT2D eigenvalue weighted by atomic mass is 10.2. The molecule has 4 heteroatoms. The van der Waals surface area contributed by atoms with Crippen LogP contribution in [0.2, 0.25) is 0 Å². The topological polar surface area (TPSA) is 39.4 Å². The Bertz CT molecular complexity index is 574. The van der Waals surface area contributed by atoms with E-state index in [0.29, 0.717) is 10.7 Å². The van der Waals surface area contributed by atoms with E-state index in [1.165, 1.54) is 0 Å². The second-order valence-corrected chi connectivity index (χ2v) is 4.77. The molecular formula is C14H12O3S. The van der Waals surface area contributed by atoms with Gasteiger partial charge in [0.05, 0.1) is 11.2 Å². The Morgan fingerprint density at radius 3 is 2.72 bits per heavy atom. The number of furan rings is 1. The minimum absolute atomic E-state index is 0.0984. The maximum absolute atomic E-state index is 11.7. The predicted octanol–water partition coefficient (Wildman–Crippen LogP) is 2.68. The molecule has 1 aromatic heterocycles. The highest BCUT2D eigenvalue weighted by Crippen LogP contribution is 2.08. The van der Waals surface area contributed by atoms with E-state index in [0.717, 1.165) is 5.56 Å².